The van der Waals surface area contributed by atoms with Gasteiger partial charge in [-0.05, 0) is 18.9 Å². The lowest BCUT2D eigenvalue weighted by Crippen LogP contribution is -2.39. The highest BCUT2D eigenvalue weighted by molar-refractivity contribution is 6.29. The molecule has 1 heterocycles. The molecule has 4 nitrogen and oxygen atoms in total. The maximum atomic E-state index is 12.6. The summed E-state index contributed by atoms with van der Waals surface area (Å²) < 4.78 is 0. The second kappa shape index (κ2) is 6.06. The smallest absolute Gasteiger partial charge is 0.256 e. The molecule has 1 aliphatic carbocycles. The second-order valence-corrected chi connectivity index (χ2v) is 5.17. The Balaban J connectivity index is 2.27. The summed E-state index contributed by atoms with van der Waals surface area (Å²) in [7, 11) is 0. The molecule has 0 radical (unpaired) electrons. The Labute approximate surface area is 118 Å². The van der Waals surface area contributed by atoms with Crippen molar-refractivity contribution in [2.45, 2.75) is 31.7 Å². The van der Waals surface area contributed by atoms with Crippen molar-refractivity contribution in [2.75, 3.05) is 12.3 Å². The first-order valence-electron chi connectivity index (χ1n) is 6.46. The van der Waals surface area contributed by atoms with Gasteiger partial charge in [-0.25, -0.2) is 4.98 Å². The Morgan fingerprint density at radius 3 is 2.89 bits per heavy atom. The number of anilines is 1. The van der Waals surface area contributed by atoms with Gasteiger partial charge >= 0.3 is 0 Å². The molecule has 102 valence electrons. The Morgan fingerprint density at radius 2 is 2.26 bits per heavy atom. The highest BCUT2D eigenvalue weighted by Crippen LogP contribution is 2.26. The highest BCUT2D eigenvalue weighted by Gasteiger charge is 2.27. The topological polar surface area (TPSA) is 59.2 Å². The van der Waals surface area contributed by atoms with Gasteiger partial charge in [0, 0.05) is 12.6 Å². The predicted molar refractivity (Wildman–Crippen MR) is 77.1 cm³/mol. The number of amides is 1. The molecule has 0 aliphatic heterocycles. The van der Waals surface area contributed by atoms with Crippen LogP contribution in [0.25, 0.3) is 0 Å². The van der Waals surface area contributed by atoms with Crippen LogP contribution in [0.1, 0.15) is 36.0 Å². The molecule has 19 heavy (non-hydrogen) atoms. The van der Waals surface area contributed by atoms with Gasteiger partial charge in [0.25, 0.3) is 5.91 Å². The maximum Gasteiger partial charge on any atom is 0.256 e. The number of aromatic nitrogens is 1. The van der Waals surface area contributed by atoms with Gasteiger partial charge in [-0.15, -0.1) is 6.58 Å². The monoisotopic (exact) mass is 279 g/mol. The van der Waals surface area contributed by atoms with E-state index in [2.05, 4.69) is 11.6 Å². The summed E-state index contributed by atoms with van der Waals surface area (Å²) in [5.41, 5.74) is 6.62. The van der Waals surface area contributed by atoms with Gasteiger partial charge in [0.2, 0.25) is 0 Å². The van der Waals surface area contributed by atoms with Gasteiger partial charge in [-0.2, -0.15) is 0 Å². The zero-order valence-corrected chi connectivity index (χ0v) is 11.6. The molecule has 0 atom stereocenters. The molecular weight excluding hydrogens is 262 g/mol. The standard InChI is InChI=1S/C14H18ClN3O/c1-2-7-18(10-5-3-4-6-10)14(19)11-8-13(15)17-9-12(11)16/h2,8-10H,1,3-7,16H2. The fraction of sp³-hybridized carbons (Fsp3) is 0.429. The summed E-state index contributed by atoms with van der Waals surface area (Å²) in [5, 5.41) is 0.280. The van der Waals surface area contributed by atoms with E-state index < -0.39 is 0 Å². The number of carbonyl (C=O) groups excluding carboxylic acids is 1. The molecule has 0 unspecified atom stereocenters. The summed E-state index contributed by atoms with van der Waals surface area (Å²) in [6, 6.07) is 1.81. The van der Waals surface area contributed by atoms with Crippen molar-refractivity contribution < 1.29 is 4.79 Å². The highest BCUT2D eigenvalue weighted by atomic mass is 35.5. The fourth-order valence-corrected chi connectivity index (χ4v) is 2.69. The summed E-state index contributed by atoms with van der Waals surface area (Å²) in [4.78, 5) is 18.3. The van der Waals surface area contributed by atoms with E-state index in [1.165, 1.54) is 12.3 Å². The molecule has 0 bridgehead atoms. The third-order valence-corrected chi connectivity index (χ3v) is 3.69. The molecule has 2 N–H and O–H groups in total. The van der Waals surface area contributed by atoms with E-state index in [1.807, 2.05) is 4.90 Å². The zero-order chi connectivity index (χ0) is 13.8. The van der Waals surface area contributed by atoms with Crippen LogP contribution >= 0.6 is 11.6 Å². The summed E-state index contributed by atoms with van der Waals surface area (Å²) in [6.07, 6.45) is 7.58. The molecule has 1 amide bonds. The Morgan fingerprint density at radius 1 is 1.58 bits per heavy atom. The zero-order valence-electron chi connectivity index (χ0n) is 10.8. The molecule has 1 aromatic rings. The van der Waals surface area contributed by atoms with Crippen LogP contribution in [0.15, 0.2) is 24.9 Å². The first-order valence-corrected chi connectivity index (χ1v) is 6.84. The van der Waals surface area contributed by atoms with Gasteiger partial charge in [0.05, 0.1) is 17.4 Å². The second-order valence-electron chi connectivity index (χ2n) is 4.78. The van der Waals surface area contributed by atoms with Crippen molar-refractivity contribution in [1.82, 2.24) is 9.88 Å². The van der Waals surface area contributed by atoms with Gasteiger partial charge in [-0.3, -0.25) is 4.79 Å². The number of halogens is 1. The minimum atomic E-state index is -0.0893. The molecule has 1 fully saturated rings. The Bertz CT molecular complexity index is 484. The average Bonchev–Trinajstić information content (AvgIpc) is 2.92. The summed E-state index contributed by atoms with van der Waals surface area (Å²) in [6.45, 7) is 4.26. The number of hydrogen-bond acceptors (Lipinski definition) is 3. The predicted octanol–water partition coefficient (Wildman–Crippen LogP) is 2.89. The SMILES string of the molecule is C=CCN(C(=O)c1cc(Cl)ncc1N)C1CCCC1. The van der Waals surface area contributed by atoms with E-state index in [1.54, 1.807) is 6.08 Å². The van der Waals surface area contributed by atoms with Crippen LogP contribution in [0.2, 0.25) is 5.15 Å². The van der Waals surface area contributed by atoms with Crippen LogP contribution in [0.4, 0.5) is 5.69 Å². The molecule has 1 aromatic heterocycles. The average molecular weight is 280 g/mol. The van der Waals surface area contributed by atoms with E-state index in [9.17, 15) is 4.79 Å². The number of rotatable bonds is 4. The number of nitrogens with two attached hydrogens (primary N) is 1. The number of pyridine rings is 1. The minimum Gasteiger partial charge on any atom is -0.397 e. The molecule has 2 rings (SSSR count). The van der Waals surface area contributed by atoms with Crippen molar-refractivity contribution in [3.8, 4) is 0 Å². The van der Waals surface area contributed by atoms with E-state index in [4.69, 9.17) is 17.3 Å². The van der Waals surface area contributed by atoms with E-state index >= 15 is 0 Å². The molecule has 0 saturated heterocycles. The first kappa shape index (κ1) is 13.9. The first-order chi connectivity index (χ1) is 9.13. The van der Waals surface area contributed by atoms with Crippen molar-refractivity contribution in [3.63, 3.8) is 0 Å². The maximum absolute atomic E-state index is 12.6. The lowest BCUT2D eigenvalue weighted by atomic mass is 10.1. The van der Waals surface area contributed by atoms with Gasteiger partial charge in [0.15, 0.2) is 0 Å². The van der Waals surface area contributed by atoms with Crippen molar-refractivity contribution >= 4 is 23.2 Å². The molecule has 5 heteroatoms. The number of carbonyl (C=O) groups is 1. The molecule has 0 spiro atoms. The fourth-order valence-electron chi connectivity index (χ4n) is 2.53. The number of nitrogens with zero attached hydrogens (tertiary/aromatic N) is 2. The van der Waals surface area contributed by atoms with Gasteiger partial charge in [-0.1, -0.05) is 30.5 Å². The molecule has 0 aromatic carbocycles. The Kier molecular flexibility index (Phi) is 4.43. The van der Waals surface area contributed by atoms with Crippen molar-refractivity contribution in [3.05, 3.63) is 35.6 Å². The van der Waals surface area contributed by atoms with Crippen LogP contribution in [-0.2, 0) is 0 Å². The molecular formula is C14H18ClN3O. The van der Waals surface area contributed by atoms with Crippen LogP contribution in [0.3, 0.4) is 0 Å². The quantitative estimate of drug-likeness (QED) is 0.681. The third kappa shape index (κ3) is 3.07. The molecule has 1 aliphatic rings. The van der Waals surface area contributed by atoms with Crippen LogP contribution in [0, 0.1) is 0 Å². The lowest BCUT2D eigenvalue weighted by Gasteiger charge is -2.28. The number of nitrogen functional groups attached to an aromatic ring is 1. The summed E-state index contributed by atoms with van der Waals surface area (Å²) >= 11 is 5.84. The molecule has 1 saturated carbocycles. The number of hydrogen-bond donors (Lipinski definition) is 1. The van der Waals surface area contributed by atoms with E-state index in [0.29, 0.717) is 17.8 Å². The lowest BCUT2D eigenvalue weighted by molar-refractivity contribution is 0.0707. The van der Waals surface area contributed by atoms with Crippen LogP contribution in [-0.4, -0.2) is 28.4 Å². The minimum absolute atomic E-state index is 0.0893. The largest absolute Gasteiger partial charge is 0.397 e. The van der Waals surface area contributed by atoms with Crippen LogP contribution in [0.5, 0.6) is 0 Å². The van der Waals surface area contributed by atoms with Crippen LogP contribution < -0.4 is 5.73 Å². The van der Waals surface area contributed by atoms with E-state index in [0.717, 1.165) is 25.7 Å². The van der Waals surface area contributed by atoms with Gasteiger partial charge < -0.3 is 10.6 Å². The van der Waals surface area contributed by atoms with Crippen molar-refractivity contribution in [2.24, 2.45) is 0 Å². The van der Waals surface area contributed by atoms with E-state index in [-0.39, 0.29) is 17.1 Å². The van der Waals surface area contributed by atoms with Crippen molar-refractivity contribution in [1.29, 1.82) is 0 Å². The third-order valence-electron chi connectivity index (χ3n) is 3.48. The normalized spacial score (nSPS) is 15.4. The Hall–Kier alpha value is -1.55. The van der Waals surface area contributed by atoms with Gasteiger partial charge in [0.1, 0.15) is 5.15 Å². The summed E-state index contributed by atoms with van der Waals surface area (Å²) in [5.74, 6) is -0.0893.